The number of barbiturate groups is 1. The number of urea groups is 1. The molecule has 6 nitrogen and oxygen atoms in total. The molecule has 0 aromatic heterocycles. The van der Waals surface area contributed by atoms with E-state index in [4.69, 9.17) is 12.2 Å². The van der Waals surface area contributed by atoms with Crippen LogP contribution in [0.3, 0.4) is 0 Å². The minimum atomic E-state index is -0.971. The van der Waals surface area contributed by atoms with Gasteiger partial charge in [-0.1, -0.05) is 24.0 Å². The van der Waals surface area contributed by atoms with Crippen molar-refractivity contribution < 1.29 is 14.4 Å². The van der Waals surface area contributed by atoms with Gasteiger partial charge in [0.2, 0.25) is 0 Å². The van der Waals surface area contributed by atoms with Gasteiger partial charge in [0.15, 0.2) is 5.25 Å². The van der Waals surface area contributed by atoms with Gasteiger partial charge in [-0.15, -0.1) is 0 Å². The van der Waals surface area contributed by atoms with Crippen molar-refractivity contribution in [2.45, 2.75) is 19.1 Å². The van der Waals surface area contributed by atoms with Crippen LogP contribution in [-0.2, 0) is 9.59 Å². The third kappa shape index (κ3) is 3.06. The second-order valence-electron chi connectivity index (χ2n) is 4.01. The van der Waals surface area contributed by atoms with Crippen LogP contribution in [0.25, 0.3) is 0 Å². The molecule has 0 radical (unpaired) electrons. The van der Waals surface area contributed by atoms with E-state index in [0.29, 0.717) is 17.4 Å². The summed E-state index contributed by atoms with van der Waals surface area (Å²) in [6, 6.07) is -0.611. The van der Waals surface area contributed by atoms with Crippen molar-refractivity contribution in [1.29, 1.82) is 0 Å². The summed E-state index contributed by atoms with van der Waals surface area (Å²) < 4.78 is 0.493. The molecule has 1 saturated heterocycles. The minimum Gasteiger partial charge on any atom is -0.358 e. The zero-order valence-electron chi connectivity index (χ0n) is 11.4. The lowest BCUT2D eigenvalue weighted by molar-refractivity contribution is -0.139. The van der Waals surface area contributed by atoms with Crippen LogP contribution < -0.4 is 0 Å². The molecule has 0 N–H and O–H groups in total. The number of imide groups is 2. The minimum absolute atomic E-state index is 0.493. The molecule has 0 bridgehead atoms. The van der Waals surface area contributed by atoms with E-state index in [2.05, 4.69) is 0 Å². The molecule has 1 rings (SSSR count). The third-order valence-electron chi connectivity index (χ3n) is 2.92. The Morgan fingerprint density at radius 3 is 1.95 bits per heavy atom. The van der Waals surface area contributed by atoms with Gasteiger partial charge >= 0.3 is 6.03 Å². The normalized spacial score (nSPS) is 17.2. The summed E-state index contributed by atoms with van der Waals surface area (Å²) >= 11 is 6.26. The van der Waals surface area contributed by atoms with Crippen LogP contribution >= 0.6 is 24.0 Å². The van der Waals surface area contributed by atoms with Gasteiger partial charge < -0.3 is 4.90 Å². The molecule has 4 amide bonds. The molecule has 0 unspecified atom stereocenters. The molecule has 0 atom stereocenters. The number of nitrogens with zero attached hydrogens (tertiary/aromatic N) is 3. The summed E-state index contributed by atoms with van der Waals surface area (Å²) in [5, 5.41) is -0.971. The summed E-state index contributed by atoms with van der Waals surface area (Å²) in [6.07, 6.45) is 0. The first-order valence-electron chi connectivity index (χ1n) is 5.89. The highest BCUT2D eigenvalue weighted by atomic mass is 32.2. The quantitative estimate of drug-likeness (QED) is 0.567. The SMILES string of the molecule is CCN(CC)C(=S)SC1C(=O)N(C)C(=O)N(C)C1=O. The first-order valence-corrected chi connectivity index (χ1v) is 7.18. The van der Waals surface area contributed by atoms with Crippen LogP contribution in [0.1, 0.15) is 13.8 Å². The zero-order valence-corrected chi connectivity index (χ0v) is 13.0. The first kappa shape index (κ1) is 15.9. The van der Waals surface area contributed by atoms with Gasteiger partial charge in [0.1, 0.15) is 4.32 Å². The van der Waals surface area contributed by atoms with Gasteiger partial charge in [-0.25, -0.2) is 4.79 Å². The highest BCUT2D eigenvalue weighted by molar-refractivity contribution is 8.24. The van der Waals surface area contributed by atoms with Gasteiger partial charge in [-0.05, 0) is 13.8 Å². The second kappa shape index (κ2) is 6.33. The molecule has 19 heavy (non-hydrogen) atoms. The Bertz CT molecular complexity index is 399. The number of carbonyl (C=O) groups is 3. The fourth-order valence-corrected chi connectivity index (χ4v) is 3.30. The van der Waals surface area contributed by atoms with Crippen molar-refractivity contribution in [3.8, 4) is 0 Å². The summed E-state index contributed by atoms with van der Waals surface area (Å²) in [7, 11) is 2.73. The lowest BCUT2D eigenvalue weighted by Gasteiger charge is -2.33. The number of thioether (sulfide) groups is 1. The van der Waals surface area contributed by atoms with E-state index in [1.807, 2.05) is 18.7 Å². The Kier molecular flexibility index (Phi) is 5.30. The lowest BCUT2D eigenvalue weighted by atomic mass is 10.3. The molecule has 1 fully saturated rings. The molecule has 1 aliphatic rings. The van der Waals surface area contributed by atoms with E-state index in [-0.39, 0.29) is 0 Å². The zero-order chi connectivity index (χ0) is 14.7. The van der Waals surface area contributed by atoms with E-state index in [1.165, 1.54) is 14.1 Å². The van der Waals surface area contributed by atoms with Crippen LogP contribution in [0.2, 0.25) is 0 Å². The summed E-state index contributed by atoms with van der Waals surface area (Å²) in [6.45, 7) is 5.31. The Morgan fingerprint density at radius 1 is 1.16 bits per heavy atom. The monoisotopic (exact) mass is 303 g/mol. The highest BCUT2D eigenvalue weighted by Crippen LogP contribution is 2.24. The molecule has 0 aromatic rings. The van der Waals surface area contributed by atoms with Crippen molar-refractivity contribution in [3.63, 3.8) is 0 Å². The summed E-state index contributed by atoms with van der Waals surface area (Å²) in [5.41, 5.74) is 0. The number of carbonyl (C=O) groups excluding carboxylic acids is 3. The van der Waals surface area contributed by atoms with Crippen molar-refractivity contribution in [2.24, 2.45) is 0 Å². The topological polar surface area (TPSA) is 60.9 Å². The van der Waals surface area contributed by atoms with Gasteiger partial charge in [0, 0.05) is 27.2 Å². The first-order chi connectivity index (χ1) is 8.84. The Hall–Kier alpha value is -1.15. The number of hydrogen-bond acceptors (Lipinski definition) is 5. The van der Waals surface area contributed by atoms with Crippen LogP contribution in [0.5, 0.6) is 0 Å². The van der Waals surface area contributed by atoms with Crippen molar-refractivity contribution in [3.05, 3.63) is 0 Å². The molecule has 0 saturated carbocycles. The van der Waals surface area contributed by atoms with E-state index < -0.39 is 23.1 Å². The van der Waals surface area contributed by atoms with Gasteiger partial charge in [-0.2, -0.15) is 0 Å². The maximum atomic E-state index is 12.0. The van der Waals surface area contributed by atoms with Crippen LogP contribution in [0, 0.1) is 0 Å². The molecule has 0 spiro atoms. The van der Waals surface area contributed by atoms with Crippen LogP contribution in [0.4, 0.5) is 4.79 Å². The number of rotatable bonds is 3. The molecule has 106 valence electrons. The average molecular weight is 303 g/mol. The van der Waals surface area contributed by atoms with Crippen molar-refractivity contribution >= 4 is 46.1 Å². The molecule has 8 heteroatoms. The van der Waals surface area contributed by atoms with E-state index >= 15 is 0 Å². The fraction of sp³-hybridized carbons (Fsp3) is 0.636. The predicted octanol–water partition coefficient (Wildman–Crippen LogP) is 0.765. The van der Waals surface area contributed by atoms with Crippen molar-refractivity contribution in [1.82, 2.24) is 14.7 Å². The van der Waals surface area contributed by atoms with Crippen LogP contribution in [-0.4, -0.2) is 69.3 Å². The lowest BCUT2D eigenvalue weighted by Crippen LogP contribution is -2.58. The second-order valence-corrected chi connectivity index (χ2v) is 5.75. The number of hydrogen-bond donors (Lipinski definition) is 0. The Labute approximate surface area is 122 Å². The average Bonchev–Trinajstić information content (AvgIpc) is 2.40. The molecular weight excluding hydrogens is 286 g/mol. The molecule has 0 aliphatic carbocycles. The Balaban J connectivity index is 2.87. The largest absolute Gasteiger partial charge is 0.358 e. The number of amides is 4. The molecule has 1 heterocycles. The fourth-order valence-electron chi connectivity index (χ4n) is 1.63. The molecule has 1 aliphatic heterocycles. The van der Waals surface area contributed by atoms with E-state index in [1.54, 1.807) is 0 Å². The molecule has 0 aromatic carbocycles. The van der Waals surface area contributed by atoms with Gasteiger partial charge in [0.25, 0.3) is 11.8 Å². The summed E-state index contributed by atoms with van der Waals surface area (Å²) in [4.78, 5) is 39.3. The smallest absolute Gasteiger partial charge is 0.332 e. The maximum Gasteiger partial charge on any atom is 0.332 e. The predicted molar refractivity (Wildman–Crippen MR) is 77.8 cm³/mol. The van der Waals surface area contributed by atoms with Crippen molar-refractivity contribution in [2.75, 3.05) is 27.2 Å². The van der Waals surface area contributed by atoms with E-state index in [0.717, 1.165) is 21.6 Å². The molecular formula is C11H17N3O3S2. The van der Waals surface area contributed by atoms with Gasteiger partial charge in [0.05, 0.1) is 0 Å². The maximum absolute atomic E-state index is 12.0. The number of thiocarbonyl (C=S) groups is 1. The third-order valence-corrected chi connectivity index (χ3v) is 4.57. The highest BCUT2D eigenvalue weighted by Gasteiger charge is 2.43. The van der Waals surface area contributed by atoms with E-state index in [9.17, 15) is 14.4 Å². The standard InChI is InChI=1S/C11H17N3O3S2/c1-5-14(6-2)11(18)19-7-8(15)12(3)10(17)13(4)9(7)16/h7H,5-6H2,1-4H3. The Morgan fingerprint density at radius 2 is 1.58 bits per heavy atom. The van der Waals surface area contributed by atoms with Crippen LogP contribution in [0.15, 0.2) is 0 Å². The summed E-state index contributed by atoms with van der Waals surface area (Å²) in [5.74, 6) is -1.04. The van der Waals surface area contributed by atoms with Gasteiger partial charge in [-0.3, -0.25) is 19.4 Å².